The molecule has 0 saturated carbocycles. The Balaban J connectivity index is 1.42. The summed E-state index contributed by atoms with van der Waals surface area (Å²) in [6, 6.07) is 14.9. The summed E-state index contributed by atoms with van der Waals surface area (Å²) in [5.74, 6) is -0.257. The van der Waals surface area contributed by atoms with Crippen molar-refractivity contribution in [3.05, 3.63) is 74.4 Å². The summed E-state index contributed by atoms with van der Waals surface area (Å²) in [4.78, 5) is 42.3. The number of nitrogens with one attached hydrogen (secondary N) is 1. The number of aromatic nitrogens is 3. The second kappa shape index (κ2) is 8.62. The zero-order valence-corrected chi connectivity index (χ0v) is 17.4. The molecule has 4 aromatic rings. The minimum absolute atomic E-state index is 0.124. The Hall–Kier alpha value is -3.26. The lowest BCUT2D eigenvalue weighted by molar-refractivity contribution is -0.121. The van der Waals surface area contributed by atoms with Crippen LogP contribution in [0.4, 0.5) is 0 Å². The van der Waals surface area contributed by atoms with Crippen molar-refractivity contribution in [2.75, 3.05) is 6.54 Å². The first kappa shape index (κ1) is 20.0. The standard InChI is InChI=1S/C22H22N4O3S/c1-2-25-21(28)15-8-3-5-10-17(15)26(22(25)29)14-19(27)23-13-7-12-20-24-16-9-4-6-11-18(16)30-20/h3-6,8-11H,2,7,12-14H2,1H3,(H,23,27). The zero-order valence-electron chi connectivity index (χ0n) is 16.6. The highest BCUT2D eigenvalue weighted by Crippen LogP contribution is 2.22. The van der Waals surface area contributed by atoms with E-state index < -0.39 is 5.69 Å². The van der Waals surface area contributed by atoms with Crippen LogP contribution in [-0.4, -0.2) is 26.6 Å². The molecule has 2 heterocycles. The van der Waals surface area contributed by atoms with Gasteiger partial charge in [0, 0.05) is 19.5 Å². The predicted octanol–water partition coefficient (Wildman–Crippen LogP) is 2.54. The van der Waals surface area contributed by atoms with E-state index >= 15 is 0 Å². The Morgan fingerprint density at radius 1 is 1.07 bits per heavy atom. The van der Waals surface area contributed by atoms with Gasteiger partial charge < -0.3 is 5.32 Å². The first-order valence-electron chi connectivity index (χ1n) is 9.92. The molecule has 2 aromatic carbocycles. The van der Waals surface area contributed by atoms with Crippen LogP contribution in [0.1, 0.15) is 18.4 Å². The van der Waals surface area contributed by atoms with Crippen molar-refractivity contribution < 1.29 is 4.79 Å². The first-order valence-corrected chi connectivity index (χ1v) is 10.7. The van der Waals surface area contributed by atoms with Gasteiger partial charge in [0.2, 0.25) is 5.91 Å². The number of aryl methyl sites for hydroxylation is 1. The average molecular weight is 423 g/mol. The predicted molar refractivity (Wildman–Crippen MR) is 119 cm³/mol. The summed E-state index contributed by atoms with van der Waals surface area (Å²) < 4.78 is 3.68. The molecule has 1 N–H and O–H groups in total. The third kappa shape index (κ3) is 3.91. The van der Waals surface area contributed by atoms with E-state index in [1.165, 1.54) is 4.57 Å². The minimum atomic E-state index is -0.467. The largest absolute Gasteiger partial charge is 0.355 e. The normalized spacial score (nSPS) is 11.2. The molecule has 1 amide bonds. The van der Waals surface area contributed by atoms with Crippen molar-refractivity contribution in [3.8, 4) is 0 Å². The lowest BCUT2D eigenvalue weighted by Gasteiger charge is -2.13. The van der Waals surface area contributed by atoms with Crippen molar-refractivity contribution in [1.29, 1.82) is 0 Å². The molecular formula is C22H22N4O3S. The number of carbonyl (C=O) groups excluding carboxylic acids is 1. The number of hydrogen-bond donors (Lipinski definition) is 1. The van der Waals surface area contributed by atoms with Gasteiger partial charge in [-0.25, -0.2) is 9.78 Å². The van der Waals surface area contributed by atoms with Crippen LogP contribution in [0.2, 0.25) is 0 Å². The molecule has 7 nitrogen and oxygen atoms in total. The van der Waals surface area contributed by atoms with Gasteiger partial charge in [0.05, 0.1) is 26.1 Å². The summed E-state index contributed by atoms with van der Waals surface area (Å²) in [5, 5.41) is 4.35. The second-order valence-electron chi connectivity index (χ2n) is 6.96. The molecule has 0 aliphatic heterocycles. The quantitative estimate of drug-likeness (QED) is 0.464. The maximum absolute atomic E-state index is 12.7. The van der Waals surface area contributed by atoms with E-state index in [4.69, 9.17) is 0 Å². The number of carbonyl (C=O) groups is 1. The van der Waals surface area contributed by atoms with Crippen LogP contribution >= 0.6 is 11.3 Å². The molecule has 0 unspecified atom stereocenters. The van der Waals surface area contributed by atoms with Gasteiger partial charge in [-0.05, 0) is 37.6 Å². The van der Waals surface area contributed by atoms with Crippen molar-refractivity contribution in [2.45, 2.75) is 32.9 Å². The van der Waals surface area contributed by atoms with E-state index in [9.17, 15) is 14.4 Å². The number of rotatable bonds is 7. The fraction of sp³-hybridized carbons (Fsp3) is 0.273. The lowest BCUT2D eigenvalue weighted by atomic mass is 10.2. The molecule has 0 spiro atoms. The van der Waals surface area contributed by atoms with Gasteiger partial charge in [-0.1, -0.05) is 24.3 Å². The molecule has 4 rings (SSSR count). The molecule has 0 bridgehead atoms. The maximum Gasteiger partial charge on any atom is 0.331 e. The molecule has 30 heavy (non-hydrogen) atoms. The summed E-state index contributed by atoms with van der Waals surface area (Å²) in [6.45, 7) is 2.37. The summed E-state index contributed by atoms with van der Waals surface area (Å²) in [7, 11) is 0. The number of benzene rings is 2. The van der Waals surface area contributed by atoms with Crippen LogP contribution in [0.3, 0.4) is 0 Å². The van der Waals surface area contributed by atoms with E-state index in [-0.39, 0.29) is 24.6 Å². The molecule has 8 heteroatoms. The third-order valence-corrected chi connectivity index (χ3v) is 6.07. The highest BCUT2D eigenvalue weighted by molar-refractivity contribution is 7.18. The summed E-state index contributed by atoms with van der Waals surface area (Å²) >= 11 is 1.67. The van der Waals surface area contributed by atoms with E-state index in [0.29, 0.717) is 17.4 Å². The highest BCUT2D eigenvalue weighted by Gasteiger charge is 2.14. The number of fused-ring (bicyclic) bond motifs is 2. The SMILES string of the molecule is CCn1c(=O)c2ccccc2n(CC(=O)NCCCc2nc3ccccc3s2)c1=O. The zero-order chi connectivity index (χ0) is 21.1. The Kier molecular flexibility index (Phi) is 5.76. The molecule has 0 radical (unpaired) electrons. The Morgan fingerprint density at radius 3 is 2.63 bits per heavy atom. The summed E-state index contributed by atoms with van der Waals surface area (Å²) in [5.41, 5.74) is 0.678. The molecule has 154 valence electrons. The van der Waals surface area contributed by atoms with Crippen LogP contribution in [-0.2, 0) is 24.3 Å². The monoisotopic (exact) mass is 422 g/mol. The molecule has 0 fully saturated rings. The lowest BCUT2D eigenvalue weighted by Crippen LogP contribution is -2.42. The number of thiazole rings is 1. The Morgan fingerprint density at radius 2 is 1.83 bits per heavy atom. The Labute approximate surface area is 176 Å². The van der Waals surface area contributed by atoms with E-state index in [1.807, 2.05) is 18.2 Å². The van der Waals surface area contributed by atoms with E-state index in [2.05, 4.69) is 16.4 Å². The molecule has 0 aliphatic rings. The van der Waals surface area contributed by atoms with Gasteiger partial charge in [0.25, 0.3) is 5.56 Å². The second-order valence-corrected chi connectivity index (χ2v) is 8.08. The fourth-order valence-electron chi connectivity index (χ4n) is 3.50. The van der Waals surface area contributed by atoms with Crippen LogP contribution in [0.25, 0.3) is 21.1 Å². The van der Waals surface area contributed by atoms with Crippen LogP contribution < -0.4 is 16.6 Å². The van der Waals surface area contributed by atoms with Gasteiger partial charge in [0.1, 0.15) is 6.54 Å². The van der Waals surface area contributed by atoms with Crippen LogP contribution in [0.5, 0.6) is 0 Å². The number of para-hydroxylation sites is 2. The van der Waals surface area contributed by atoms with Crippen LogP contribution in [0, 0.1) is 0 Å². The van der Waals surface area contributed by atoms with Crippen molar-refractivity contribution in [3.63, 3.8) is 0 Å². The number of amides is 1. The van der Waals surface area contributed by atoms with Gasteiger partial charge in [-0.15, -0.1) is 11.3 Å². The maximum atomic E-state index is 12.7. The fourth-order valence-corrected chi connectivity index (χ4v) is 4.51. The highest BCUT2D eigenvalue weighted by atomic mass is 32.1. The van der Waals surface area contributed by atoms with Crippen molar-refractivity contribution >= 4 is 38.4 Å². The molecule has 0 aliphatic carbocycles. The topological polar surface area (TPSA) is 86.0 Å². The van der Waals surface area contributed by atoms with Crippen molar-refractivity contribution in [2.24, 2.45) is 0 Å². The van der Waals surface area contributed by atoms with Crippen LogP contribution in [0.15, 0.2) is 58.1 Å². The smallest absolute Gasteiger partial charge is 0.331 e. The Bertz CT molecular complexity index is 1300. The molecule has 2 aromatic heterocycles. The molecular weight excluding hydrogens is 400 g/mol. The number of hydrogen-bond acceptors (Lipinski definition) is 5. The number of nitrogens with zero attached hydrogens (tertiary/aromatic N) is 3. The molecule has 0 atom stereocenters. The van der Waals surface area contributed by atoms with E-state index in [1.54, 1.807) is 42.5 Å². The molecule has 0 saturated heterocycles. The van der Waals surface area contributed by atoms with E-state index in [0.717, 1.165) is 32.6 Å². The van der Waals surface area contributed by atoms with Gasteiger partial charge in [0.15, 0.2) is 0 Å². The average Bonchev–Trinajstić information content (AvgIpc) is 3.17. The van der Waals surface area contributed by atoms with Gasteiger partial charge in [-0.3, -0.25) is 18.7 Å². The third-order valence-electron chi connectivity index (χ3n) is 4.98. The van der Waals surface area contributed by atoms with Gasteiger partial charge in [-0.2, -0.15) is 0 Å². The summed E-state index contributed by atoms with van der Waals surface area (Å²) in [6.07, 6.45) is 1.54. The van der Waals surface area contributed by atoms with Crippen molar-refractivity contribution in [1.82, 2.24) is 19.4 Å². The van der Waals surface area contributed by atoms with Gasteiger partial charge >= 0.3 is 5.69 Å². The minimum Gasteiger partial charge on any atom is -0.355 e. The first-order chi connectivity index (χ1) is 14.6.